The van der Waals surface area contributed by atoms with Gasteiger partial charge in [-0.1, -0.05) is 93.7 Å². The highest BCUT2D eigenvalue weighted by Crippen LogP contribution is 2.71. The molecule has 0 radical (unpaired) electrons. The maximum atomic E-state index is 15.3. The standard InChI is InChI=1S/C34H29F9I2O6S2/c1-48-26-16-12-24(13-17-26)30(49-22-20-44,50-23-21-45)25-14-18-29(19-15-25)52(27-8-4-2-5-9-27,28-10-6-3-7-11-28)51-53(46,47)34(42,43)32(37,38)31(35,36)33(39,40)41/h2-19H,20-23H2,1H3. The van der Waals surface area contributed by atoms with Crippen LogP contribution in [0.2, 0.25) is 0 Å². The Balaban J connectivity index is 2.02. The highest BCUT2D eigenvalue weighted by molar-refractivity contribution is 14.1. The summed E-state index contributed by atoms with van der Waals surface area (Å²) in [6.07, 6.45) is -7.26. The van der Waals surface area contributed by atoms with E-state index in [9.17, 15) is 39.2 Å². The van der Waals surface area contributed by atoms with Crippen LogP contribution in [0, 0.1) is 0 Å². The normalized spacial score (nSPS) is 13.9. The van der Waals surface area contributed by atoms with E-state index in [0.29, 0.717) is 25.7 Å². The second-order valence-electron chi connectivity index (χ2n) is 10.8. The molecule has 0 saturated heterocycles. The minimum Gasteiger partial charge on any atom is -0.497 e. The Morgan fingerprint density at radius 3 is 1.34 bits per heavy atom. The summed E-state index contributed by atoms with van der Waals surface area (Å²) in [5, 5.41) is -7.11. The average molecular weight is 1020 g/mol. The molecule has 0 amide bonds. The van der Waals surface area contributed by atoms with E-state index < -0.39 is 49.5 Å². The summed E-state index contributed by atoms with van der Waals surface area (Å²) in [5.41, 5.74) is 0.775. The van der Waals surface area contributed by atoms with E-state index in [1.807, 2.05) is 0 Å². The van der Waals surface area contributed by atoms with Crippen molar-refractivity contribution < 1.29 is 65.8 Å². The van der Waals surface area contributed by atoms with Crippen molar-refractivity contribution in [1.29, 1.82) is 0 Å². The first-order chi connectivity index (χ1) is 24.8. The van der Waals surface area contributed by atoms with Crippen molar-refractivity contribution in [2.24, 2.45) is 0 Å². The quantitative estimate of drug-likeness (QED) is 0.0454. The lowest BCUT2D eigenvalue weighted by molar-refractivity contribution is -0.382. The molecule has 19 heteroatoms. The van der Waals surface area contributed by atoms with Crippen LogP contribution in [0.5, 0.6) is 5.75 Å². The lowest BCUT2D eigenvalue weighted by atomic mass is 9.96. The summed E-state index contributed by atoms with van der Waals surface area (Å²) in [7, 11) is -10.1. The van der Waals surface area contributed by atoms with Gasteiger partial charge in [0.25, 0.3) is 0 Å². The first-order valence-corrected chi connectivity index (χ1v) is 21.0. The summed E-state index contributed by atoms with van der Waals surface area (Å²) in [5.74, 6) is -16.1. The zero-order valence-electron chi connectivity index (χ0n) is 27.1. The van der Waals surface area contributed by atoms with Crippen LogP contribution in [-0.4, -0.2) is 60.9 Å². The van der Waals surface area contributed by atoms with E-state index in [0.717, 1.165) is 0 Å². The molecular formula is C34H29F9I2O6S2. The molecule has 0 heterocycles. The lowest BCUT2D eigenvalue weighted by Gasteiger charge is -2.41. The van der Waals surface area contributed by atoms with E-state index in [4.69, 9.17) is 17.8 Å². The van der Waals surface area contributed by atoms with Crippen molar-refractivity contribution in [2.45, 2.75) is 43.7 Å². The maximum absolute atomic E-state index is 15.3. The molecule has 53 heavy (non-hydrogen) atoms. The second-order valence-corrected chi connectivity index (χ2v) is 17.5. The van der Waals surface area contributed by atoms with Crippen LogP contribution in [-0.2, 0) is 29.0 Å². The summed E-state index contributed by atoms with van der Waals surface area (Å²) in [6.45, 7) is 0.317. The SMILES string of the molecule is COc1ccc(C(OCCI)(OCCI)c2ccc(S(OS(=O)(=O)C(F)(F)C(F)(F)C(F)(F)C(F)(F)F)(c3ccccc3)c3ccccc3)cc2)cc1. The minimum absolute atomic E-state index is 0.159. The van der Waals surface area contributed by atoms with Crippen LogP contribution >= 0.6 is 55.5 Å². The number of benzene rings is 4. The number of alkyl halides is 11. The Morgan fingerprint density at radius 2 is 0.962 bits per heavy atom. The highest BCUT2D eigenvalue weighted by Gasteiger charge is 2.86. The van der Waals surface area contributed by atoms with E-state index in [1.165, 1.54) is 92.0 Å². The third-order valence-corrected chi connectivity index (χ3v) is 13.7. The van der Waals surface area contributed by atoms with Crippen LogP contribution in [0.15, 0.2) is 124 Å². The molecule has 0 aliphatic rings. The zero-order valence-corrected chi connectivity index (χ0v) is 33.1. The van der Waals surface area contributed by atoms with Crippen LogP contribution in [0.4, 0.5) is 39.5 Å². The van der Waals surface area contributed by atoms with Crippen molar-refractivity contribution >= 4 is 65.6 Å². The van der Waals surface area contributed by atoms with Crippen LogP contribution < -0.4 is 4.74 Å². The van der Waals surface area contributed by atoms with Crippen molar-refractivity contribution in [3.63, 3.8) is 0 Å². The fourth-order valence-electron chi connectivity index (χ4n) is 5.03. The minimum atomic E-state index is -7.51. The Hall–Kier alpha value is -2.31. The fraction of sp³-hybridized carbons (Fsp3) is 0.294. The largest absolute Gasteiger partial charge is 0.497 e. The Bertz CT molecular complexity index is 1860. The monoisotopic (exact) mass is 1020 g/mol. The Labute approximate surface area is 328 Å². The number of methoxy groups -OCH3 is 1. The molecule has 0 fully saturated rings. The molecule has 0 aliphatic carbocycles. The number of hydrogen-bond acceptors (Lipinski definition) is 6. The molecule has 0 atom stereocenters. The van der Waals surface area contributed by atoms with Gasteiger partial charge in [0.15, 0.2) is 0 Å². The number of ether oxygens (including phenoxy) is 3. The molecular weight excluding hydrogens is 993 g/mol. The molecule has 4 aromatic rings. The molecule has 4 aromatic carbocycles. The van der Waals surface area contributed by atoms with Gasteiger partial charge in [0, 0.05) is 34.7 Å². The molecule has 0 spiro atoms. The first-order valence-electron chi connectivity index (χ1n) is 15.0. The van der Waals surface area contributed by atoms with Gasteiger partial charge in [-0.25, -0.2) is 3.63 Å². The van der Waals surface area contributed by atoms with E-state index in [-0.39, 0.29) is 27.9 Å². The number of rotatable bonds is 17. The molecule has 0 aliphatic heterocycles. The number of halogens is 11. The molecule has 0 bridgehead atoms. The Morgan fingerprint density at radius 1 is 0.566 bits per heavy atom. The second kappa shape index (κ2) is 16.8. The van der Waals surface area contributed by atoms with Crippen molar-refractivity contribution in [3.05, 3.63) is 120 Å². The highest BCUT2D eigenvalue weighted by atomic mass is 127. The van der Waals surface area contributed by atoms with E-state index in [1.54, 1.807) is 24.3 Å². The van der Waals surface area contributed by atoms with E-state index >= 15 is 8.78 Å². The van der Waals surface area contributed by atoms with Gasteiger partial charge in [-0.15, -0.1) is 0 Å². The first kappa shape index (κ1) is 43.4. The molecule has 0 unspecified atom stereocenters. The molecule has 4 rings (SSSR count). The predicted molar refractivity (Wildman–Crippen MR) is 196 cm³/mol. The molecule has 0 N–H and O–H groups in total. The number of hydrogen-bond donors (Lipinski definition) is 0. The molecule has 0 aromatic heterocycles. The van der Waals surface area contributed by atoms with Crippen LogP contribution in [0.3, 0.4) is 0 Å². The third kappa shape index (κ3) is 8.16. The van der Waals surface area contributed by atoms with Gasteiger partial charge in [-0.2, -0.15) is 47.9 Å². The van der Waals surface area contributed by atoms with Gasteiger partial charge < -0.3 is 14.2 Å². The zero-order chi connectivity index (χ0) is 39.3. The third-order valence-electron chi connectivity index (χ3n) is 7.57. The van der Waals surface area contributed by atoms with Crippen molar-refractivity contribution in [2.75, 3.05) is 29.2 Å². The van der Waals surface area contributed by atoms with Crippen molar-refractivity contribution in [1.82, 2.24) is 0 Å². The maximum Gasteiger partial charge on any atom is 0.460 e. The summed E-state index contributed by atoms with van der Waals surface area (Å²) < 4.78 is 177. The van der Waals surface area contributed by atoms with Gasteiger partial charge in [0.2, 0.25) is 5.79 Å². The summed E-state index contributed by atoms with van der Waals surface area (Å²) in [6, 6.07) is 24.9. The van der Waals surface area contributed by atoms with Crippen LogP contribution in [0.1, 0.15) is 11.1 Å². The van der Waals surface area contributed by atoms with E-state index in [2.05, 4.69) is 45.2 Å². The molecule has 290 valence electrons. The smallest absolute Gasteiger partial charge is 0.460 e. The topological polar surface area (TPSA) is 71.1 Å². The van der Waals surface area contributed by atoms with Gasteiger partial charge in [0.05, 0.1) is 20.3 Å². The van der Waals surface area contributed by atoms with Gasteiger partial charge >= 0.3 is 33.4 Å². The Kier molecular flexibility index (Phi) is 13.8. The summed E-state index contributed by atoms with van der Waals surface area (Å²) >= 11 is 4.16. The van der Waals surface area contributed by atoms with Crippen molar-refractivity contribution in [3.8, 4) is 5.75 Å². The van der Waals surface area contributed by atoms with Gasteiger partial charge in [0.1, 0.15) is 5.75 Å². The van der Waals surface area contributed by atoms with Crippen LogP contribution in [0.25, 0.3) is 0 Å². The summed E-state index contributed by atoms with van der Waals surface area (Å²) in [4.78, 5) is -0.684. The fourth-order valence-corrected chi connectivity index (χ4v) is 10.7. The van der Waals surface area contributed by atoms with Gasteiger partial charge in [-0.05, 0) is 71.0 Å². The molecule has 0 saturated carbocycles. The molecule has 6 nitrogen and oxygen atoms in total. The lowest BCUT2D eigenvalue weighted by Crippen LogP contribution is -2.63. The van der Waals surface area contributed by atoms with Gasteiger partial charge in [-0.3, -0.25) is 0 Å². The predicted octanol–water partition coefficient (Wildman–Crippen LogP) is 10.8. The average Bonchev–Trinajstić information content (AvgIpc) is 3.14.